The monoisotopic (exact) mass is 246 g/mol. The maximum absolute atomic E-state index is 12.2. The molecule has 0 aliphatic rings. The summed E-state index contributed by atoms with van der Waals surface area (Å²) in [6.07, 6.45) is 1.31. The molecule has 18 heavy (non-hydrogen) atoms. The first-order valence-corrected chi connectivity index (χ1v) is 5.71. The van der Waals surface area contributed by atoms with Crippen LogP contribution in [0.1, 0.15) is 19.9 Å². The molecule has 0 saturated carbocycles. The number of carbonyl (C=O) groups is 1. The van der Waals surface area contributed by atoms with Crippen LogP contribution < -0.4 is 5.56 Å². The van der Waals surface area contributed by atoms with Crippen LogP contribution in [0.3, 0.4) is 0 Å². The standard InChI is InChI=1S/C13H14N2O3/c1-8(2)11(13(17)18)15-7-14-10-6-4-3-5-9(10)12(15)16/h3-8,11H,1-2H3,(H,17,18)/t11-/m1/s1. The number of fused-ring (bicyclic) bond motifs is 1. The van der Waals surface area contributed by atoms with Gasteiger partial charge in [-0.3, -0.25) is 9.36 Å². The third-order valence-electron chi connectivity index (χ3n) is 2.87. The lowest BCUT2D eigenvalue weighted by molar-refractivity contribution is -0.142. The van der Waals surface area contributed by atoms with Gasteiger partial charge < -0.3 is 5.11 Å². The molecule has 0 spiro atoms. The van der Waals surface area contributed by atoms with Crippen molar-refractivity contribution in [1.82, 2.24) is 9.55 Å². The molecule has 0 saturated heterocycles. The molecule has 0 amide bonds. The summed E-state index contributed by atoms with van der Waals surface area (Å²) in [5.74, 6) is -1.22. The van der Waals surface area contributed by atoms with E-state index in [9.17, 15) is 14.7 Å². The maximum atomic E-state index is 12.2. The molecule has 0 unspecified atom stereocenters. The molecule has 5 nitrogen and oxygen atoms in total. The number of carboxylic acids is 1. The second-order valence-corrected chi connectivity index (χ2v) is 4.50. The Bertz CT molecular complexity index is 646. The highest BCUT2D eigenvalue weighted by atomic mass is 16.4. The Hall–Kier alpha value is -2.17. The van der Waals surface area contributed by atoms with Gasteiger partial charge in [0.05, 0.1) is 17.2 Å². The Morgan fingerprint density at radius 2 is 2.00 bits per heavy atom. The van der Waals surface area contributed by atoms with E-state index in [0.717, 1.165) is 0 Å². The summed E-state index contributed by atoms with van der Waals surface area (Å²) in [5.41, 5.74) is 0.258. The van der Waals surface area contributed by atoms with Gasteiger partial charge in [-0.1, -0.05) is 26.0 Å². The molecule has 0 aliphatic carbocycles. The summed E-state index contributed by atoms with van der Waals surface area (Å²) in [5, 5.41) is 9.64. The third-order valence-corrected chi connectivity index (χ3v) is 2.87. The lowest BCUT2D eigenvalue weighted by atomic mass is 10.0. The van der Waals surface area contributed by atoms with Gasteiger partial charge in [0.2, 0.25) is 0 Å². The van der Waals surface area contributed by atoms with Crippen molar-refractivity contribution in [2.75, 3.05) is 0 Å². The van der Waals surface area contributed by atoms with E-state index in [1.54, 1.807) is 38.1 Å². The summed E-state index contributed by atoms with van der Waals surface area (Å²) in [7, 11) is 0. The first kappa shape index (κ1) is 12.3. The highest BCUT2D eigenvalue weighted by molar-refractivity contribution is 5.78. The molecule has 0 bridgehead atoms. The number of rotatable bonds is 3. The molecule has 0 fully saturated rings. The molecule has 1 atom stereocenters. The Morgan fingerprint density at radius 1 is 1.33 bits per heavy atom. The summed E-state index contributed by atoms with van der Waals surface area (Å²) >= 11 is 0. The van der Waals surface area contributed by atoms with Crippen molar-refractivity contribution in [3.05, 3.63) is 40.9 Å². The average molecular weight is 246 g/mol. The zero-order valence-corrected chi connectivity index (χ0v) is 10.2. The molecule has 2 aromatic rings. The SMILES string of the molecule is CC(C)[C@H](C(=O)O)n1cnc2ccccc2c1=O. The Morgan fingerprint density at radius 3 is 2.61 bits per heavy atom. The van der Waals surface area contributed by atoms with Crippen molar-refractivity contribution < 1.29 is 9.90 Å². The van der Waals surface area contributed by atoms with Crippen molar-refractivity contribution in [2.24, 2.45) is 5.92 Å². The molecular weight excluding hydrogens is 232 g/mol. The normalized spacial score (nSPS) is 12.8. The van der Waals surface area contributed by atoms with E-state index < -0.39 is 12.0 Å². The minimum atomic E-state index is -1.02. The van der Waals surface area contributed by atoms with E-state index in [4.69, 9.17) is 0 Å². The van der Waals surface area contributed by atoms with Gasteiger partial charge in [0.25, 0.3) is 5.56 Å². The summed E-state index contributed by atoms with van der Waals surface area (Å²) in [4.78, 5) is 27.6. The number of benzene rings is 1. The highest BCUT2D eigenvalue weighted by Crippen LogP contribution is 2.16. The van der Waals surface area contributed by atoms with E-state index in [0.29, 0.717) is 10.9 Å². The highest BCUT2D eigenvalue weighted by Gasteiger charge is 2.25. The van der Waals surface area contributed by atoms with Crippen LogP contribution in [0.4, 0.5) is 0 Å². The molecule has 1 aromatic carbocycles. The lowest BCUT2D eigenvalue weighted by Gasteiger charge is -2.18. The van der Waals surface area contributed by atoms with Gasteiger partial charge in [-0.2, -0.15) is 0 Å². The first-order valence-electron chi connectivity index (χ1n) is 5.71. The number of hydrogen-bond donors (Lipinski definition) is 1. The topological polar surface area (TPSA) is 72.2 Å². The molecule has 2 rings (SSSR count). The van der Waals surface area contributed by atoms with Crippen LogP contribution in [0, 0.1) is 5.92 Å². The van der Waals surface area contributed by atoms with E-state index >= 15 is 0 Å². The van der Waals surface area contributed by atoms with Crippen molar-refractivity contribution in [1.29, 1.82) is 0 Å². The smallest absolute Gasteiger partial charge is 0.327 e. The zero-order chi connectivity index (χ0) is 13.3. The zero-order valence-electron chi connectivity index (χ0n) is 10.2. The predicted octanol–water partition coefficient (Wildman–Crippen LogP) is 1.68. The molecule has 94 valence electrons. The van der Waals surface area contributed by atoms with Crippen molar-refractivity contribution in [2.45, 2.75) is 19.9 Å². The molecule has 5 heteroatoms. The summed E-state index contributed by atoms with van der Waals surface area (Å²) < 4.78 is 1.19. The Labute approximate surface area is 104 Å². The maximum Gasteiger partial charge on any atom is 0.327 e. The van der Waals surface area contributed by atoms with Crippen LogP contribution in [-0.4, -0.2) is 20.6 Å². The number of hydrogen-bond acceptors (Lipinski definition) is 3. The predicted molar refractivity (Wildman–Crippen MR) is 67.5 cm³/mol. The van der Waals surface area contributed by atoms with Gasteiger partial charge in [-0.25, -0.2) is 9.78 Å². The molecule has 0 aliphatic heterocycles. The molecule has 1 aromatic heterocycles. The van der Waals surface area contributed by atoms with E-state index in [2.05, 4.69) is 4.98 Å². The molecule has 0 radical (unpaired) electrons. The second-order valence-electron chi connectivity index (χ2n) is 4.50. The van der Waals surface area contributed by atoms with Gasteiger partial charge >= 0.3 is 5.97 Å². The van der Waals surface area contributed by atoms with Crippen molar-refractivity contribution >= 4 is 16.9 Å². The number of aromatic nitrogens is 2. The average Bonchev–Trinajstić information content (AvgIpc) is 2.32. The van der Waals surface area contributed by atoms with Gasteiger partial charge in [0.15, 0.2) is 0 Å². The minimum absolute atomic E-state index is 0.192. The molecule has 1 heterocycles. The van der Waals surface area contributed by atoms with Gasteiger partial charge in [0, 0.05) is 0 Å². The molecular formula is C13H14N2O3. The van der Waals surface area contributed by atoms with Crippen LogP contribution >= 0.6 is 0 Å². The van der Waals surface area contributed by atoms with Gasteiger partial charge in [-0.15, -0.1) is 0 Å². The first-order chi connectivity index (χ1) is 8.52. The van der Waals surface area contributed by atoms with Crippen LogP contribution in [-0.2, 0) is 4.79 Å². The Balaban J connectivity index is 2.68. The third kappa shape index (κ3) is 1.99. The fourth-order valence-corrected chi connectivity index (χ4v) is 2.01. The summed E-state index contributed by atoms with van der Waals surface area (Å²) in [6.45, 7) is 3.53. The van der Waals surface area contributed by atoms with Crippen LogP contribution in [0.15, 0.2) is 35.4 Å². The van der Waals surface area contributed by atoms with E-state index in [1.165, 1.54) is 10.9 Å². The lowest BCUT2D eigenvalue weighted by Crippen LogP contribution is -2.33. The van der Waals surface area contributed by atoms with Crippen LogP contribution in [0.25, 0.3) is 10.9 Å². The largest absolute Gasteiger partial charge is 0.480 e. The van der Waals surface area contributed by atoms with E-state index in [-0.39, 0.29) is 11.5 Å². The number of aliphatic carboxylic acids is 1. The van der Waals surface area contributed by atoms with E-state index in [1.807, 2.05) is 0 Å². The number of carboxylic acid groups (broad SMARTS) is 1. The van der Waals surface area contributed by atoms with Crippen LogP contribution in [0.2, 0.25) is 0 Å². The summed E-state index contributed by atoms with van der Waals surface area (Å²) in [6, 6.07) is 6.01. The van der Waals surface area contributed by atoms with Crippen LogP contribution in [0.5, 0.6) is 0 Å². The van der Waals surface area contributed by atoms with Crippen molar-refractivity contribution in [3.63, 3.8) is 0 Å². The van der Waals surface area contributed by atoms with Crippen molar-refractivity contribution in [3.8, 4) is 0 Å². The minimum Gasteiger partial charge on any atom is -0.480 e. The fraction of sp³-hybridized carbons (Fsp3) is 0.308. The fourth-order valence-electron chi connectivity index (χ4n) is 2.01. The number of para-hydroxylation sites is 1. The van der Waals surface area contributed by atoms with Gasteiger partial charge in [-0.05, 0) is 18.1 Å². The quantitative estimate of drug-likeness (QED) is 0.894. The second kappa shape index (κ2) is 4.60. The van der Waals surface area contributed by atoms with Gasteiger partial charge in [0.1, 0.15) is 6.04 Å². The number of nitrogens with zero attached hydrogens (tertiary/aromatic N) is 2. The molecule has 1 N–H and O–H groups in total. The Kier molecular flexibility index (Phi) is 3.14.